The van der Waals surface area contributed by atoms with Gasteiger partial charge in [-0.25, -0.2) is 0 Å². The molecule has 2 aliphatic heterocycles. The molecule has 1 spiro atoms. The number of rotatable bonds is 2. The third-order valence-corrected chi connectivity index (χ3v) is 3.80. The van der Waals surface area contributed by atoms with E-state index < -0.39 is 0 Å². The molecule has 5 nitrogen and oxygen atoms in total. The van der Waals surface area contributed by atoms with Crippen LogP contribution >= 0.6 is 0 Å². The average Bonchev–Trinajstić information content (AvgIpc) is 2.54. The zero-order chi connectivity index (χ0) is 12.3. The summed E-state index contributed by atoms with van der Waals surface area (Å²) in [6.45, 7) is 1.65. The molecule has 0 aromatic rings. The molecule has 0 radical (unpaired) electrons. The lowest BCUT2D eigenvalue weighted by Crippen LogP contribution is -2.43. The van der Waals surface area contributed by atoms with Crippen molar-refractivity contribution >= 4 is 11.8 Å². The van der Waals surface area contributed by atoms with Crippen LogP contribution < -0.4 is 5.32 Å². The highest BCUT2D eigenvalue weighted by Crippen LogP contribution is 2.31. The van der Waals surface area contributed by atoms with Crippen molar-refractivity contribution in [2.45, 2.75) is 37.6 Å². The van der Waals surface area contributed by atoms with E-state index >= 15 is 0 Å². The molecular formula is C12H20N2O3. The lowest BCUT2D eigenvalue weighted by molar-refractivity contribution is -0.135. The number of carbonyl (C=O) groups excluding carboxylic acids is 2. The van der Waals surface area contributed by atoms with Gasteiger partial charge >= 0.3 is 0 Å². The van der Waals surface area contributed by atoms with Crippen molar-refractivity contribution in [3.63, 3.8) is 0 Å². The van der Waals surface area contributed by atoms with Gasteiger partial charge in [0.1, 0.15) is 6.61 Å². The van der Waals surface area contributed by atoms with E-state index in [1.54, 1.807) is 0 Å². The molecule has 2 amide bonds. The molecule has 0 aliphatic carbocycles. The summed E-state index contributed by atoms with van der Waals surface area (Å²) in [5, 5.41) is 3.09. The van der Waals surface area contributed by atoms with Crippen LogP contribution in [0.5, 0.6) is 0 Å². The third-order valence-electron chi connectivity index (χ3n) is 3.80. The van der Waals surface area contributed by atoms with Crippen molar-refractivity contribution in [1.82, 2.24) is 10.2 Å². The predicted octanol–water partition coefficient (Wildman–Crippen LogP) is 0.294. The molecule has 0 aromatic carbocycles. The van der Waals surface area contributed by atoms with Crippen LogP contribution in [0, 0.1) is 0 Å². The van der Waals surface area contributed by atoms with Gasteiger partial charge in [-0.1, -0.05) is 0 Å². The van der Waals surface area contributed by atoms with Crippen LogP contribution in [0.4, 0.5) is 0 Å². The smallest absolute Gasteiger partial charge is 0.248 e. The SMILES string of the molecule is COCC(=O)N1CCC[C@]2(CCC(=O)N2)CC1. The maximum atomic E-state index is 11.7. The van der Waals surface area contributed by atoms with E-state index in [0.29, 0.717) is 6.42 Å². The molecule has 0 unspecified atom stereocenters. The Hall–Kier alpha value is -1.10. The van der Waals surface area contributed by atoms with Crippen LogP contribution in [-0.4, -0.2) is 49.1 Å². The first kappa shape index (κ1) is 12.4. The van der Waals surface area contributed by atoms with Crippen molar-refractivity contribution in [3.8, 4) is 0 Å². The van der Waals surface area contributed by atoms with Gasteiger partial charge in [-0.05, 0) is 25.7 Å². The van der Waals surface area contributed by atoms with Crippen molar-refractivity contribution in [2.75, 3.05) is 26.8 Å². The second-order valence-electron chi connectivity index (χ2n) is 5.00. The lowest BCUT2D eigenvalue weighted by atomic mass is 9.89. The first-order valence-corrected chi connectivity index (χ1v) is 6.23. The standard InChI is InChI=1S/C12H20N2O3/c1-17-9-11(16)14-7-2-4-12(6-8-14)5-3-10(15)13-12/h2-9H2,1H3,(H,13,15)/t12-/m0/s1. The van der Waals surface area contributed by atoms with Crippen molar-refractivity contribution in [3.05, 3.63) is 0 Å². The Morgan fingerprint density at radius 2 is 2.24 bits per heavy atom. The van der Waals surface area contributed by atoms with Gasteiger partial charge in [0.15, 0.2) is 0 Å². The quantitative estimate of drug-likeness (QED) is 0.755. The monoisotopic (exact) mass is 240 g/mol. The van der Waals surface area contributed by atoms with E-state index in [1.165, 1.54) is 7.11 Å². The fourth-order valence-electron chi connectivity index (χ4n) is 2.81. The Balaban J connectivity index is 1.93. The minimum Gasteiger partial charge on any atom is -0.375 e. The average molecular weight is 240 g/mol. The predicted molar refractivity (Wildman–Crippen MR) is 62.4 cm³/mol. The highest BCUT2D eigenvalue weighted by atomic mass is 16.5. The van der Waals surface area contributed by atoms with Gasteiger partial charge in [-0.3, -0.25) is 9.59 Å². The molecular weight excluding hydrogens is 220 g/mol. The van der Waals surface area contributed by atoms with E-state index in [4.69, 9.17) is 4.74 Å². The van der Waals surface area contributed by atoms with Crippen LogP contribution in [0.1, 0.15) is 32.1 Å². The maximum Gasteiger partial charge on any atom is 0.248 e. The number of ether oxygens (including phenoxy) is 1. The van der Waals surface area contributed by atoms with Crippen molar-refractivity contribution in [2.24, 2.45) is 0 Å². The third kappa shape index (κ3) is 2.77. The summed E-state index contributed by atoms with van der Waals surface area (Å²) in [6, 6.07) is 0. The fourth-order valence-corrected chi connectivity index (χ4v) is 2.81. The summed E-state index contributed by atoms with van der Waals surface area (Å²) < 4.78 is 4.87. The summed E-state index contributed by atoms with van der Waals surface area (Å²) in [5.74, 6) is 0.204. The van der Waals surface area contributed by atoms with Gasteiger partial charge in [0, 0.05) is 32.2 Å². The minimum atomic E-state index is -0.0425. The van der Waals surface area contributed by atoms with Crippen LogP contribution in [0.25, 0.3) is 0 Å². The van der Waals surface area contributed by atoms with Crippen molar-refractivity contribution in [1.29, 1.82) is 0 Å². The van der Waals surface area contributed by atoms with Gasteiger partial charge in [0.05, 0.1) is 0 Å². The summed E-state index contributed by atoms with van der Waals surface area (Å²) in [6.07, 6.45) is 4.35. The maximum absolute atomic E-state index is 11.7. The number of hydrogen-bond acceptors (Lipinski definition) is 3. The molecule has 2 aliphatic rings. The summed E-state index contributed by atoms with van der Waals surface area (Å²) >= 11 is 0. The molecule has 5 heteroatoms. The number of methoxy groups -OCH3 is 1. The number of likely N-dealkylation sites (tertiary alicyclic amines) is 1. The van der Waals surface area contributed by atoms with Gasteiger partial charge in [0.2, 0.25) is 11.8 Å². The van der Waals surface area contributed by atoms with Gasteiger partial charge in [0.25, 0.3) is 0 Å². The molecule has 2 saturated heterocycles. The Labute approximate surface area is 101 Å². The first-order valence-electron chi connectivity index (χ1n) is 6.23. The molecule has 0 aromatic heterocycles. The molecule has 96 valence electrons. The fraction of sp³-hybridized carbons (Fsp3) is 0.833. The van der Waals surface area contributed by atoms with E-state index in [9.17, 15) is 9.59 Å². The van der Waals surface area contributed by atoms with Crippen LogP contribution in [0.3, 0.4) is 0 Å². The van der Waals surface area contributed by atoms with Crippen LogP contribution in [-0.2, 0) is 14.3 Å². The summed E-state index contributed by atoms with van der Waals surface area (Å²) in [4.78, 5) is 24.9. The molecule has 2 rings (SSSR count). The molecule has 0 bridgehead atoms. The van der Waals surface area contributed by atoms with E-state index in [1.807, 2.05) is 4.90 Å². The number of nitrogens with zero attached hydrogens (tertiary/aromatic N) is 1. The first-order chi connectivity index (χ1) is 8.15. The van der Waals surface area contributed by atoms with Gasteiger partial charge in [-0.15, -0.1) is 0 Å². The number of nitrogens with one attached hydrogen (secondary N) is 1. The Bertz CT molecular complexity index is 319. The normalized spacial score (nSPS) is 29.2. The van der Waals surface area contributed by atoms with Gasteiger partial charge in [-0.2, -0.15) is 0 Å². The molecule has 1 atom stereocenters. The highest BCUT2D eigenvalue weighted by Gasteiger charge is 2.39. The molecule has 17 heavy (non-hydrogen) atoms. The highest BCUT2D eigenvalue weighted by molar-refractivity contribution is 5.79. The lowest BCUT2D eigenvalue weighted by Gasteiger charge is -2.27. The largest absolute Gasteiger partial charge is 0.375 e. The Morgan fingerprint density at radius 3 is 2.88 bits per heavy atom. The zero-order valence-corrected chi connectivity index (χ0v) is 10.3. The number of hydrogen-bond donors (Lipinski definition) is 1. The second kappa shape index (κ2) is 5.04. The molecule has 1 N–H and O–H groups in total. The summed E-state index contributed by atoms with van der Waals surface area (Å²) in [7, 11) is 1.54. The Kier molecular flexibility index (Phi) is 3.66. The van der Waals surface area contributed by atoms with Gasteiger partial charge < -0.3 is 15.0 Å². The zero-order valence-electron chi connectivity index (χ0n) is 10.3. The second-order valence-corrected chi connectivity index (χ2v) is 5.00. The summed E-state index contributed by atoms with van der Waals surface area (Å²) in [5.41, 5.74) is -0.0425. The minimum absolute atomic E-state index is 0.0425. The Morgan fingerprint density at radius 1 is 1.41 bits per heavy atom. The number of carbonyl (C=O) groups is 2. The topological polar surface area (TPSA) is 58.6 Å². The van der Waals surface area contributed by atoms with Crippen molar-refractivity contribution < 1.29 is 14.3 Å². The number of amides is 2. The van der Waals surface area contributed by atoms with E-state index in [0.717, 1.165) is 38.8 Å². The molecule has 2 fully saturated rings. The van der Waals surface area contributed by atoms with Crippen LogP contribution in [0.15, 0.2) is 0 Å². The van der Waals surface area contributed by atoms with Crippen LogP contribution in [0.2, 0.25) is 0 Å². The molecule has 0 saturated carbocycles. The molecule has 2 heterocycles. The van der Waals surface area contributed by atoms with E-state index in [2.05, 4.69) is 5.32 Å². The van der Waals surface area contributed by atoms with E-state index in [-0.39, 0.29) is 24.0 Å².